The molecular weight excluding hydrogens is 214 g/mol. The Hall–Kier alpha value is -0.160. The number of nitrogens with zero attached hydrogens (tertiary/aromatic N) is 2. The van der Waals surface area contributed by atoms with Crippen molar-refractivity contribution in [1.82, 2.24) is 15.1 Å². The predicted molar refractivity (Wildman–Crippen MR) is 70.4 cm³/mol. The van der Waals surface area contributed by atoms with Gasteiger partial charge in [-0.3, -0.25) is 9.80 Å². The SMILES string of the molecule is CN1CCN(CCOC2(C)CNC2)CC1(C)C. The molecule has 0 aliphatic carbocycles. The number of likely N-dealkylation sites (N-methyl/N-ethyl adjacent to an activating group) is 1. The summed E-state index contributed by atoms with van der Waals surface area (Å²) < 4.78 is 5.95. The Morgan fingerprint density at radius 3 is 2.41 bits per heavy atom. The van der Waals surface area contributed by atoms with Crippen LogP contribution in [0.15, 0.2) is 0 Å². The zero-order valence-electron chi connectivity index (χ0n) is 11.8. The molecule has 0 atom stereocenters. The lowest BCUT2D eigenvalue weighted by atomic mass is 9.99. The van der Waals surface area contributed by atoms with Crippen LogP contribution in [0.5, 0.6) is 0 Å². The monoisotopic (exact) mass is 241 g/mol. The summed E-state index contributed by atoms with van der Waals surface area (Å²) >= 11 is 0. The van der Waals surface area contributed by atoms with Crippen molar-refractivity contribution in [3.8, 4) is 0 Å². The first-order chi connectivity index (χ1) is 7.91. The Morgan fingerprint density at radius 1 is 1.18 bits per heavy atom. The maximum absolute atomic E-state index is 5.95. The molecule has 0 bridgehead atoms. The van der Waals surface area contributed by atoms with E-state index < -0.39 is 0 Å². The van der Waals surface area contributed by atoms with Gasteiger partial charge in [0, 0.05) is 44.8 Å². The van der Waals surface area contributed by atoms with Crippen molar-refractivity contribution in [2.45, 2.75) is 31.9 Å². The van der Waals surface area contributed by atoms with Crippen LogP contribution >= 0.6 is 0 Å². The fourth-order valence-corrected chi connectivity index (χ4v) is 2.53. The van der Waals surface area contributed by atoms with E-state index in [1.807, 2.05) is 0 Å². The van der Waals surface area contributed by atoms with Crippen molar-refractivity contribution in [1.29, 1.82) is 0 Å². The van der Waals surface area contributed by atoms with Crippen LogP contribution in [0.2, 0.25) is 0 Å². The van der Waals surface area contributed by atoms with Gasteiger partial charge in [-0.25, -0.2) is 0 Å². The Morgan fingerprint density at radius 2 is 1.88 bits per heavy atom. The first-order valence-corrected chi connectivity index (χ1v) is 6.70. The Balaban J connectivity index is 1.69. The number of hydrogen-bond donors (Lipinski definition) is 1. The second-order valence-electron chi connectivity index (χ2n) is 6.41. The Labute approximate surface area is 105 Å². The minimum absolute atomic E-state index is 0.0993. The first-order valence-electron chi connectivity index (χ1n) is 6.70. The highest BCUT2D eigenvalue weighted by Gasteiger charge is 2.33. The van der Waals surface area contributed by atoms with E-state index in [0.29, 0.717) is 5.54 Å². The fourth-order valence-electron chi connectivity index (χ4n) is 2.53. The molecule has 0 aromatic carbocycles. The molecule has 0 spiro atoms. The highest BCUT2D eigenvalue weighted by molar-refractivity contribution is 4.91. The zero-order valence-corrected chi connectivity index (χ0v) is 11.8. The lowest BCUT2D eigenvalue weighted by Crippen LogP contribution is -2.60. The van der Waals surface area contributed by atoms with E-state index in [4.69, 9.17) is 4.74 Å². The summed E-state index contributed by atoms with van der Waals surface area (Å²) in [5.41, 5.74) is 0.391. The van der Waals surface area contributed by atoms with Crippen molar-refractivity contribution in [2.75, 3.05) is 52.9 Å². The molecule has 1 N–H and O–H groups in total. The molecule has 0 saturated carbocycles. The van der Waals surface area contributed by atoms with Crippen molar-refractivity contribution in [3.05, 3.63) is 0 Å². The van der Waals surface area contributed by atoms with Gasteiger partial charge in [0.2, 0.25) is 0 Å². The molecule has 0 radical (unpaired) electrons. The Bertz CT molecular complexity index is 263. The van der Waals surface area contributed by atoms with E-state index in [1.165, 1.54) is 0 Å². The van der Waals surface area contributed by atoms with Gasteiger partial charge >= 0.3 is 0 Å². The predicted octanol–water partition coefficient (Wildman–Crippen LogP) is 0.391. The number of rotatable bonds is 4. The molecule has 100 valence electrons. The quantitative estimate of drug-likeness (QED) is 0.771. The lowest BCUT2D eigenvalue weighted by Gasteiger charge is -2.46. The second kappa shape index (κ2) is 4.84. The van der Waals surface area contributed by atoms with Crippen LogP contribution in [0.4, 0.5) is 0 Å². The molecule has 17 heavy (non-hydrogen) atoms. The van der Waals surface area contributed by atoms with E-state index >= 15 is 0 Å². The van der Waals surface area contributed by atoms with E-state index in [-0.39, 0.29) is 5.60 Å². The fraction of sp³-hybridized carbons (Fsp3) is 1.00. The molecule has 4 heteroatoms. The third-order valence-electron chi connectivity index (χ3n) is 4.25. The molecule has 2 fully saturated rings. The Kier molecular flexibility index (Phi) is 3.78. The largest absolute Gasteiger partial charge is 0.371 e. The summed E-state index contributed by atoms with van der Waals surface area (Å²) in [6.07, 6.45) is 0. The van der Waals surface area contributed by atoms with Crippen LogP contribution in [0, 0.1) is 0 Å². The smallest absolute Gasteiger partial charge is 0.0902 e. The standard InChI is InChI=1S/C13H27N3O/c1-12(2)11-16(6-5-15(12)4)7-8-17-13(3)9-14-10-13/h14H,5-11H2,1-4H3. The normalized spacial score (nSPS) is 28.9. The van der Waals surface area contributed by atoms with Crippen molar-refractivity contribution in [2.24, 2.45) is 0 Å². The molecule has 4 nitrogen and oxygen atoms in total. The van der Waals surface area contributed by atoms with Crippen LogP contribution in [0.1, 0.15) is 20.8 Å². The summed E-state index contributed by atoms with van der Waals surface area (Å²) in [6, 6.07) is 0. The van der Waals surface area contributed by atoms with Gasteiger partial charge in [0.05, 0.1) is 12.2 Å². The first kappa shape index (κ1) is 13.3. The number of hydrogen-bond acceptors (Lipinski definition) is 4. The summed E-state index contributed by atoms with van der Waals surface area (Å²) in [7, 11) is 2.22. The number of piperazine rings is 1. The van der Waals surface area contributed by atoms with Crippen LogP contribution in [-0.2, 0) is 4.74 Å². The zero-order chi connectivity index (χ0) is 12.5. The molecule has 2 aliphatic rings. The van der Waals surface area contributed by atoms with Crippen LogP contribution in [0.25, 0.3) is 0 Å². The van der Waals surface area contributed by atoms with Crippen molar-refractivity contribution in [3.63, 3.8) is 0 Å². The molecule has 0 aromatic heterocycles. The highest BCUT2D eigenvalue weighted by atomic mass is 16.5. The van der Waals surface area contributed by atoms with Gasteiger partial charge in [-0.05, 0) is 27.8 Å². The molecular formula is C13H27N3O. The minimum Gasteiger partial charge on any atom is -0.371 e. The van der Waals surface area contributed by atoms with E-state index in [0.717, 1.165) is 45.9 Å². The molecule has 2 aliphatic heterocycles. The molecule has 2 saturated heterocycles. The van der Waals surface area contributed by atoms with Gasteiger partial charge in [-0.2, -0.15) is 0 Å². The summed E-state index contributed by atoms with van der Waals surface area (Å²) in [4.78, 5) is 4.97. The van der Waals surface area contributed by atoms with Gasteiger partial charge in [0.1, 0.15) is 0 Å². The van der Waals surface area contributed by atoms with E-state index in [2.05, 4.69) is 42.9 Å². The topological polar surface area (TPSA) is 27.7 Å². The van der Waals surface area contributed by atoms with Crippen molar-refractivity contribution < 1.29 is 4.74 Å². The van der Waals surface area contributed by atoms with Crippen LogP contribution in [-0.4, -0.2) is 73.9 Å². The second-order valence-corrected chi connectivity index (χ2v) is 6.41. The van der Waals surface area contributed by atoms with Crippen molar-refractivity contribution >= 4 is 0 Å². The molecule has 2 heterocycles. The molecule has 0 aromatic rings. The summed E-state index contributed by atoms with van der Waals surface area (Å²) in [5.74, 6) is 0. The third-order valence-corrected chi connectivity index (χ3v) is 4.25. The maximum Gasteiger partial charge on any atom is 0.0902 e. The molecule has 2 rings (SSSR count). The summed E-state index contributed by atoms with van der Waals surface area (Å²) in [6.45, 7) is 14.2. The third kappa shape index (κ3) is 3.19. The average molecular weight is 241 g/mol. The van der Waals surface area contributed by atoms with E-state index in [1.54, 1.807) is 0 Å². The van der Waals surface area contributed by atoms with Gasteiger partial charge in [-0.1, -0.05) is 0 Å². The van der Waals surface area contributed by atoms with Gasteiger partial charge < -0.3 is 10.1 Å². The van der Waals surface area contributed by atoms with Gasteiger partial charge in [0.25, 0.3) is 0 Å². The molecule has 0 unspecified atom stereocenters. The average Bonchev–Trinajstić information content (AvgIpc) is 2.20. The van der Waals surface area contributed by atoms with Crippen LogP contribution < -0.4 is 5.32 Å². The minimum atomic E-state index is 0.0993. The van der Waals surface area contributed by atoms with E-state index in [9.17, 15) is 0 Å². The number of ether oxygens (including phenoxy) is 1. The summed E-state index contributed by atoms with van der Waals surface area (Å²) in [5, 5.41) is 3.26. The van der Waals surface area contributed by atoms with Gasteiger partial charge in [0.15, 0.2) is 0 Å². The van der Waals surface area contributed by atoms with Crippen LogP contribution in [0.3, 0.4) is 0 Å². The maximum atomic E-state index is 5.95. The molecule has 0 amide bonds. The highest BCUT2D eigenvalue weighted by Crippen LogP contribution is 2.19. The lowest BCUT2D eigenvalue weighted by molar-refractivity contribution is -0.0779. The number of nitrogens with one attached hydrogen (secondary N) is 1. The van der Waals surface area contributed by atoms with Gasteiger partial charge in [-0.15, -0.1) is 0 Å².